The number of benzene rings is 1. The highest BCUT2D eigenvalue weighted by Gasteiger charge is 2.20. The molecular formula is C10H14ClN. The van der Waals surface area contributed by atoms with Crippen LogP contribution in [0.4, 0.5) is 5.69 Å². The highest BCUT2D eigenvalue weighted by molar-refractivity contribution is 5.85. The van der Waals surface area contributed by atoms with E-state index in [0.717, 1.165) is 11.6 Å². The Morgan fingerprint density at radius 1 is 1.17 bits per heavy atom. The molecule has 1 saturated carbocycles. The molecule has 0 heterocycles. The van der Waals surface area contributed by atoms with E-state index in [-0.39, 0.29) is 12.4 Å². The summed E-state index contributed by atoms with van der Waals surface area (Å²) < 4.78 is 0. The van der Waals surface area contributed by atoms with Gasteiger partial charge in [0.25, 0.3) is 0 Å². The zero-order valence-electron chi connectivity index (χ0n) is 6.99. The molecule has 0 aromatic heterocycles. The molecule has 2 N–H and O–H groups in total. The van der Waals surface area contributed by atoms with Gasteiger partial charge in [0.1, 0.15) is 0 Å². The van der Waals surface area contributed by atoms with E-state index in [4.69, 9.17) is 5.73 Å². The molecule has 0 amide bonds. The van der Waals surface area contributed by atoms with Crippen molar-refractivity contribution in [2.45, 2.75) is 25.2 Å². The third-order valence-electron chi connectivity index (χ3n) is 2.54. The number of halogens is 1. The van der Waals surface area contributed by atoms with Crippen LogP contribution < -0.4 is 5.73 Å². The normalized spacial score (nSPS) is 16.3. The molecule has 0 saturated heterocycles. The second-order valence-corrected chi connectivity index (χ2v) is 3.26. The van der Waals surface area contributed by atoms with Gasteiger partial charge in [-0.3, -0.25) is 0 Å². The molecule has 2 heteroatoms. The summed E-state index contributed by atoms with van der Waals surface area (Å²) in [7, 11) is 0. The Bertz CT molecular complexity index is 256. The lowest BCUT2D eigenvalue weighted by atomic mass is 9.79. The maximum Gasteiger partial charge on any atom is 0.0349 e. The van der Waals surface area contributed by atoms with Crippen molar-refractivity contribution in [3.8, 4) is 0 Å². The second-order valence-electron chi connectivity index (χ2n) is 3.26. The Balaban J connectivity index is 0.000000720. The SMILES string of the molecule is Cl.Nc1ccccc1C1CCC1. The van der Waals surface area contributed by atoms with Gasteiger partial charge < -0.3 is 5.73 Å². The maximum atomic E-state index is 5.83. The highest BCUT2D eigenvalue weighted by Crippen LogP contribution is 2.38. The van der Waals surface area contributed by atoms with Crippen molar-refractivity contribution in [2.24, 2.45) is 0 Å². The monoisotopic (exact) mass is 183 g/mol. The van der Waals surface area contributed by atoms with Crippen LogP contribution >= 0.6 is 12.4 Å². The smallest absolute Gasteiger partial charge is 0.0349 e. The van der Waals surface area contributed by atoms with E-state index in [0.29, 0.717) is 0 Å². The van der Waals surface area contributed by atoms with Crippen LogP contribution in [-0.4, -0.2) is 0 Å². The molecule has 2 rings (SSSR count). The predicted octanol–water partition coefficient (Wildman–Crippen LogP) is 2.96. The number of nitrogen functional groups attached to an aromatic ring is 1. The number of para-hydroxylation sites is 1. The summed E-state index contributed by atoms with van der Waals surface area (Å²) in [6.07, 6.45) is 4.03. The van der Waals surface area contributed by atoms with Crippen LogP contribution in [0.5, 0.6) is 0 Å². The average Bonchev–Trinajstić information content (AvgIpc) is 1.90. The largest absolute Gasteiger partial charge is 0.398 e. The molecule has 1 aliphatic rings. The van der Waals surface area contributed by atoms with Gasteiger partial charge in [0.15, 0.2) is 0 Å². The van der Waals surface area contributed by atoms with Crippen molar-refractivity contribution in [2.75, 3.05) is 5.73 Å². The molecule has 0 aliphatic heterocycles. The summed E-state index contributed by atoms with van der Waals surface area (Å²) in [6, 6.07) is 8.22. The fourth-order valence-corrected chi connectivity index (χ4v) is 1.60. The van der Waals surface area contributed by atoms with Crippen molar-refractivity contribution < 1.29 is 0 Å². The van der Waals surface area contributed by atoms with Gasteiger partial charge >= 0.3 is 0 Å². The van der Waals surface area contributed by atoms with Gasteiger partial charge in [0.05, 0.1) is 0 Å². The minimum atomic E-state index is 0. The van der Waals surface area contributed by atoms with E-state index < -0.39 is 0 Å². The maximum absolute atomic E-state index is 5.83. The molecule has 1 nitrogen and oxygen atoms in total. The van der Waals surface area contributed by atoms with Crippen LogP contribution in [0.15, 0.2) is 24.3 Å². The first kappa shape index (κ1) is 9.40. The predicted molar refractivity (Wildman–Crippen MR) is 54.7 cm³/mol. The fourth-order valence-electron chi connectivity index (χ4n) is 1.60. The van der Waals surface area contributed by atoms with Gasteiger partial charge in [0.2, 0.25) is 0 Å². The zero-order valence-corrected chi connectivity index (χ0v) is 7.81. The highest BCUT2D eigenvalue weighted by atomic mass is 35.5. The van der Waals surface area contributed by atoms with Crippen LogP contribution in [0, 0.1) is 0 Å². The number of hydrogen-bond donors (Lipinski definition) is 1. The van der Waals surface area contributed by atoms with Gasteiger partial charge in [-0.2, -0.15) is 0 Å². The first-order valence-electron chi connectivity index (χ1n) is 4.22. The Morgan fingerprint density at radius 2 is 1.83 bits per heavy atom. The van der Waals surface area contributed by atoms with Gasteiger partial charge in [-0.05, 0) is 30.4 Å². The van der Waals surface area contributed by atoms with Crippen LogP contribution in [-0.2, 0) is 0 Å². The second kappa shape index (κ2) is 3.81. The number of rotatable bonds is 1. The molecule has 0 spiro atoms. The van der Waals surface area contributed by atoms with Crippen molar-refractivity contribution in [1.82, 2.24) is 0 Å². The lowest BCUT2D eigenvalue weighted by molar-refractivity contribution is 0.421. The quantitative estimate of drug-likeness (QED) is 0.666. The Morgan fingerprint density at radius 3 is 2.33 bits per heavy atom. The molecule has 0 radical (unpaired) electrons. The van der Waals surface area contributed by atoms with Crippen molar-refractivity contribution >= 4 is 18.1 Å². The third kappa shape index (κ3) is 1.56. The van der Waals surface area contributed by atoms with Crippen LogP contribution in [0.2, 0.25) is 0 Å². The Kier molecular flexibility index (Phi) is 2.99. The Hall–Kier alpha value is -0.690. The molecule has 66 valence electrons. The van der Waals surface area contributed by atoms with Crippen molar-refractivity contribution in [3.63, 3.8) is 0 Å². The van der Waals surface area contributed by atoms with Gasteiger partial charge in [-0.1, -0.05) is 24.6 Å². The number of nitrogens with two attached hydrogens (primary N) is 1. The van der Waals surface area contributed by atoms with Gasteiger partial charge in [-0.25, -0.2) is 0 Å². The fraction of sp³-hybridized carbons (Fsp3) is 0.400. The zero-order chi connectivity index (χ0) is 7.68. The lowest BCUT2D eigenvalue weighted by Gasteiger charge is -2.26. The van der Waals surface area contributed by atoms with Crippen LogP contribution in [0.1, 0.15) is 30.7 Å². The third-order valence-corrected chi connectivity index (χ3v) is 2.54. The van der Waals surface area contributed by atoms with Crippen molar-refractivity contribution in [1.29, 1.82) is 0 Å². The summed E-state index contributed by atoms with van der Waals surface area (Å²) in [5, 5.41) is 0. The summed E-state index contributed by atoms with van der Waals surface area (Å²) in [5.74, 6) is 0.760. The van der Waals surface area contributed by atoms with Gasteiger partial charge in [-0.15, -0.1) is 12.4 Å². The van der Waals surface area contributed by atoms with Crippen LogP contribution in [0.3, 0.4) is 0 Å². The molecule has 1 aromatic rings. The number of anilines is 1. The summed E-state index contributed by atoms with van der Waals surface area (Å²) in [5.41, 5.74) is 8.16. The Labute approximate surface area is 79.4 Å². The van der Waals surface area contributed by atoms with Crippen molar-refractivity contribution in [3.05, 3.63) is 29.8 Å². The molecule has 12 heavy (non-hydrogen) atoms. The molecule has 1 aromatic carbocycles. The van der Waals surface area contributed by atoms with E-state index in [1.165, 1.54) is 24.8 Å². The standard InChI is InChI=1S/C10H13N.ClH/c11-10-7-2-1-6-9(10)8-4-3-5-8;/h1-2,6-8H,3-5,11H2;1H. The molecule has 0 bridgehead atoms. The first-order chi connectivity index (χ1) is 5.38. The van der Waals surface area contributed by atoms with Crippen LogP contribution in [0.25, 0.3) is 0 Å². The summed E-state index contributed by atoms with van der Waals surface area (Å²) in [4.78, 5) is 0. The van der Waals surface area contributed by atoms with E-state index >= 15 is 0 Å². The number of hydrogen-bond acceptors (Lipinski definition) is 1. The topological polar surface area (TPSA) is 26.0 Å². The summed E-state index contributed by atoms with van der Waals surface area (Å²) in [6.45, 7) is 0. The minimum absolute atomic E-state index is 0. The molecule has 0 unspecified atom stereocenters. The average molecular weight is 184 g/mol. The van der Waals surface area contributed by atoms with Gasteiger partial charge in [0, 0.05) is 5.69 Å². The first-order valence-corrected chi connectivity index (χ1v) is 4.22. The molecule has 0 atom stereocenters. The minimum Gasteiger partial charge on any atom is -0.398 e. The van der Waals surface area contributed by atoms with E-state index in [1.807, 2.05) is 12.1 Å². The summed E-state index contributed by atoms with van der Waals surface area (Å²) >= 11 is 0. The molecule has 1 aliphatic carbocycles. The lowest BCUT2D eigenvalue weighted by Crippen LogP contribution is -2.10. The molecule has 1 fully saturated rings. The van der Waals surface area contributed by atoms with E-state index in [2.05, 4.69) is 12.1 Å². The molecular weight excluding hydrogens is 170 g/mol. The van der Waals surface area contributed by atoms with E-state index in [9.17, 15) is 0 Å². The van der Waals surface area contributed by atoms with E-state index in [1.54, 1.807) is 0 Å².